The molecular formula is C21H22N4O3. The Bertz CT molecular complexity index is 1010. The molecule has 2 N–H and O–H groups in total. The smallest absolute Gasteiger partial charge is 0.259 e. The molecule has 0 fully saturated rings. The van der Waals surface area contributed by atoms with Crippen molar-refractivity contribution >= 4 is 23.2 Å². The Morgan fingerprint density at radius 2 is 1.75 bits per heavy atom. The van der Waals surface area contributed by atoms with Crippen LogP contribution in [0.4, 0.5) is 11.4 Å². The zero-order valence-corrected chi connectivity index (χ0v) is 16.0. The highest BCUT2D eigenvalue weighted by atomic mass is 16.5. The number of carbonyl (C=O) groups is 2. The average Bonchev–Trinajstić information content (AvgIpc) is 3.04. The fourth-order valence-corrected chi connectivity index (χ4v) is 2.88. The van der Waals surface area contributed by atoms with Crippen LogP contribution in [-0.2, 0) is 9.53 Å². The van der Waals surface area contributed by atoms with Gasteiger partial charge in [-0.3, -0.25) is 9.59 Å². The fourth-order valence-electron chi connectivity index (χ4n) is 2.88. The van der Waals surface area contributed by atoms with Crippen molar-refractivity contribution in [3.8, 4) is 5.69 Å². The summed E-state index contributed by atoms with van der Waals surface area (Å²) in [6.45, 7) is 3.82. The molecular weight excluding hydrogens is 356 g/mol. The first kappa shape index (κ1) is 19.3. The molecule has 0 bridgehead atoms. The van der Waals surface area contributed by atoms with Crippen LogP contribution in [-0.4, -0.2) is 35.3 Å². The number of ether oxygens (including phenoxy) is 1. The first-order valence-electron chi connectivity index (χ1n) is 8.80. The molecule has 0 saturated carbocycles. The van der Waals surface area contributed by atoms with Gasteiger partial charge < -0.3 is 15.4 Å². The topological polar surface area (TPSA) is 85.2 Å². The van der Waals surface area contributed by atoms with E-state index in [1.165, 1.54) is 7.11 Å². The van der Waals surface area contributed by atoms with Crippen molar-refractivity contribution in [2.24, 2.45) is 0 Å². The van der Waals surface area contributed by atoms with E-state index in [4.69, 9.17) is 4.74 Å². The molecule has 2 aromatic carbocycles. The van der Waals surface area contributed by atoms with E-state index < -0.39 is 0 Å². The van der Waals surface area contributed by atoms with E-state index in [1.54, 1.807) is 35.1 Å². The number of hydrogen-bond acceptors (Lipinski definition) is 4. The molecule has 144 valence electrons. The third-order valence-corrected chi connectivity index (χ3v) is 4.28. The van der Waals surface area contributed by atoms with Crippen molar-refractivity contribution in [3.63, 3.8) is 0 Å². The Morgan fingerprint density at radius 1 is 1.04 bits per heavy atom. The van der Waals surface area contributed by atoms with E-state index >= 15 is 0 Å². The summed E-state index contributed by atoms with van der Waals surface area (Å²) in [5.74, 6) is -0.529. The molecule has 0 saturated heterocycles. The monoisotopic (exact) mass is 378 g/mol. The number of amides is 2. The number of aryl methyl sites for hydroxylation is 1. The number of methoxy groups -OCH3 is 1. The molecule has 1 aromatic heterocycles. The summed E-state index contributed by atoms with van der Waals surface area (Å²) in [5.41, 5.74) is 4.38. The van der Waals surface area contributed by atoms with Crippen molar-refractivity contribution < 1.29 is 14.3 Å². The van der Waals surface area contributed by atoms with Gasteiger partial charge in [-0.1, -0.05) is 24.3 Å². The molecule has 0 aliphatic rings. The number of benzene rings is 2. The van der Waals surface area contributed by atoms with E-state index in [9.17, 15) is 9.59 Å². The van der Waals surface area contributed by atoms with Gasteiger partial charge in [0, 0.05) is 18.5 Å². The minimum absolute atomic E-state index is 0.0339. The molecule has 0 spiro atoms. The molecule has 7 nitrogen and oxygen atoms in total. The van der Waals surface area contributed by atoms with Crippen molar-refractivity contribution in [2.75, 3.05) is 24.4 Å². The highest BCUT2D eigenvalue weighted by Crippen LogP contribution is 2.20. The van der Waals surface area contributed by atoms with Gasteiger partial charge in [0.25, 0.3) is 5.91 Å². The summed E-state index contributed by atoms with van der Waals surface area (Å²) in [6.07, 6.45) is 1.56. The fraction of sp³-hybridized carbons (Fsp3) is 0.190. The number of rotatable bonds is 6. The van der Waals surface area contributed by atoms with Crippen LogP contribution in [0.15, 0.2) is 54.7 Å². The zero-order chi connectivity index (χ0) is 20.1. The second-order valence-electron chi connectivity index (χ2n) is 6.36. The van der Waals surface area contributed by atoms with Crippen LogP contribution in [0, 0.1) is 13.8 Å². The number of hydrogen-bond donors (Lipinski definition) is 2. The predicted molar refractivity (Wildman–Crippen MR) is 108 cm³/mol. The van der Waals surface area contributed by atoms with Crippen molar-refractivity contribution in [3.05, 3.63) is 71.5 Å². The highest BCUT2D eigenvalue weighted by Gasteiger charge is 2.16. The molecule has 2 amide bonds. The van der Waals surface area contributed by atoms with Gasteiger partial charge in [0.15, 0.2) is 0 Å². The summed E-state index contributed by atoms with van der Waals surface area (Å²) >= 11 is 0. The summed E-state index contributed by atoms with van der Waals surface area (Å²) in [6, 6.07) is 14.8. The molecule has 0 unspecified atom stereocenters. The van der Waals surface area contributed by atoms with Gasteiger partial charge in [-0.15, -0.1) is 0 Å². The lowest BCUT2D eigenvalue weighted by molar-refractivity contribution is -0.119. The van der Waals surface area contributed by atoms with Crippen molar-refractivity contribution in [2.45, 2.75) is 13.8 Å². The Kier molecular flexibility index (Phi) is 5.86. The quantitative estimate of drug-likeness (QED) is 0.689. The molecule has 0 aliphatic carbocycles. The predicted octanol–water partition coefficient (Wildman–Crippen LogP) is 3.33. The van der Waals surface area contributed by atoms with Crippen LogP contribution in [0.1, 0.15) is 21.6 Å². The van der Waals surface area contributed by atoms with E-state index in [-0.39, 0.29) is 18.4 Å². The van der Waals surface area contributed by atoms with Crippen molar-refractivity contribution in [1.82, 2.24) is 9.78 Å². The van der Waals surface area contributed by atoms with E-state index in [0.29, 0.717) is 16.9 Å². The summed E-state index contributed by atoms with van der Waals surface area (Å²) < 4.78 is 6.55. The molecule has 0 aliphatic heterocycles. The van der Waals surface area contributed by atoms with Crippen LogP contribution >= 0.6 is 0 Å². The largest absolute Gasteiger partial charge is 0.375 e. The van der Waals surface area contributed by atoms with Crippen LogP contribution in [0.5, 0.6) is 0 Å². The number of anilines is 2. The first-order chi connectivity index (χ1) is 13.5. The highest BCUT2D eigenvalue weighted by molar-refractivity contribution is 6.05. The Hall–Kier alpha value is -3.45. The van der Waals surface area contributed by atoms with Gasteiger partial charge in [0.05, 0.1) is 23.1 Å². The minimum Gasteiger partial charge on any atom is -0.375 e. The van der Waals surface area contributed by atoms with Gasteiger partial charge in [0.1, 0.15) is 6.61 Å². The van der Waals surface area contributed by atoms with E-state index in [1.807, 2.05) is 38.1 Å². The lowest BCUT2D eigenvalue weighted by atomic mass is 10.2. The third kappa shape index (κ3) is 4.27. The SMILES string of the molecule is COCC(=O)Nc1cccc(NC(=O)c2cnn(-c3ccccc3C)c2C)c1. The Balaban J connectivity index is 1.77. The van der Waals surface area contributed by atoms with Gasteiger partial charge in [0.2, 0.25) is 5.91 Å². The second kappa shape index (κ2) is 8.49. The van der Waals surface area contributed by atoms with Crippen LogP contribution in [0.25, 0.3) is 5.69 Å². The lowest BCUT2D eigenvalue weighted by Gasteiger charge is -2.10. The van der Waals surface area contributed by atoms with Gasteiger partial charge in [-0.05, 0) is 43.7 Å². The molecule has 28 heavy (non-hydrogen) atoms. The maximum Gasteiger partial charge on any atom is 0.259 e. The summed E-state index contributed by atoms with van der Waals surface area (Å²) in [4.78, 5) is 24.4. The molecule has 0 atom stereocenters. The number of para-hydroxylation sites is 1. The van der Waals surface area contributed by atoms with E-state index in [2.05, 4.69) is 15.7 Å². The number of carbonyl (C=O) groups excluding carboxylic acids is 2. The molecule has 3 aromatic rings. The molecule has 1 heterocycles. The van der Waals surface area contributed by atoms with Gasteiger partial charge in [-0.25, -0.2) is 4.68 Å². The normalized spacial score (nSPS) is 10.5. The maximum atomic E-state index is 12.7. The number of nitrogens with one attached hydrogen (secondary N) is 2. The molecule has 0 radical (unpaired) electrons. The third-order valence-electron chi connectivity index (χ3n) is 4.28. The summed E-state index contributed by atoms with van der Waals surface area (Å²) in [5, 5.41) is 9.93. The molecule has 3 rings (SSSR count). The minimum atomic E-state index is -0.266. The lowest BCUT2D eigenvalue weighted by Crippen LogP contribution is -2.17. The van der Waals surface area contributed by atoms with Crippen LogP contribution < -0.4 is 10.6 Å². The van der Waals surface area contributed by atoms with Crippen LogP contribution in [0.2, 0.25) is 0 Å². The van der Waals surface area contributed by atoms with Gasteiger partial charge in [-0.2, -0.15) is 5.10 Å². The molecule has 7 heteroatoms. The first-order valence-corrected chi connectivity index (χ1v) is 8.80. The summed E-state index contributed by atoms with van der Waals surface area (Å²) in [7, 11) is 1.45. The maximum absolute atomic E-state index is 12.7. The Morgan fingerprint density at radius 3 is 2.46 bits per heavy atom. The Labute approximate surface area is 163 Å². The average molecular weight is 378 g/mol. The second-order valence-corrected chi connectivity index (χ2v) is 6.36. The standard InChI is InChI=1S/C21H22N4O3/c1-14-7-4-5-10-19(14)25-15(2)18(12-22-25)21(27)24-17-9-6-8-16(11-17)23-20(26)13-28-3/h4-12H,13H2,1-3H3,(H,23,26)(H,24,27). The van der Waals surface area contributed by atoms with Crippen LogP contribution in [0.3, 0.4) is 0 Å². The number of aromatic nitrogens is 2. The van der Waals surface area contributed by atoms with E-state index in [0.717, 1.165) is 16.9 Å². The van der Waals surface area contributed by atoms with Crippen molar-refractivity contribution in [1.29, 1.82) is 0 Å². The zero-order valence-electron chi connectivity index (χ0n) is 16.0. The van der Waals surface area contributed by atoms with Gasteiger partial charge >= 0.3 is 0 Å². The number of nitrogens with zero attached hydrogens (tertiary/aromatic N) is 2.